The van der Waals surface area contributed by atoms with Gasteiger partial charge in [-0.25, -0.2) is 4.39 Å². The van der Waals surface area contributed by atoms with Crippen molar-refractivity contribution in [1.82, 2.24) is 14.7 Å². The first kappa shape index (κ1) is 16.4. The number of nitrogens with two attached hydrogens (primary N) is 1. The molecule has 0 bridgehead atoms. The molecule has 0 aliphatic heterocycles. The number of nitrogens with zero attached hydrogens (tertiary/aromatic N) is 3. The number of carbonyl (C=O) groups excluding carboxylic acids is 1. The number of rotatable bonds is 8. The molecule has 0 radical (unpaired) electrons. The smallest absolute Gasteiger partial charge is 0.251 e. The maximum Gasteiger partial charge on any atom is 0.251 e. The van der Waals surface area contributed by atoms with E-state index in [1.54, 1.807) is 10.9 Å². The van der Waals surface area contributed by atoms with Crippen LogP contribution in [0.5, 0.6) is 0 Å². The SMILES string of the molecule is CCCN(CCC)CCn1cc2cc(F)cc(C(N)=O)c2n1. The maximum atomic E-state index is 13.5. The molecule has 0 saturated carbocycles. The first-order chi connectivity index (χ1) is 10.5. The summed E-state index contributed by atoms with van der Waals surface area (Å²) >= 11 is 0. The zero-order chi connectivity index (χ0) is 16.1. The number of hydrogen-bond acceptors (Lipinski definition) is 3. The monoisotopic (exact) mass is 306 g/mol. The lowest BCUT2D eigenvalue weighted by Crippen LogP contribution is -2.29. The summed E-state index contributed by atoms with van der Waals surface area (Å²) in [5, 5.41) is 4.99. The van der Waals surface area contributed by atoms with E-state index in [0.29, 0.717) is 17.4 Å². The summed E-state index contributed by atoms with van der Waals surface area (Å²) in [6.45, 7) is 8.00. The predicted molar refractivity (Wildman–Crippen MR) is 85.2 cm³/mol. The molecule has 2 aromatic rings. The van der Waals surface area contributed by atoms with Crippen LogP contribution in [0.25, 0.3) is 10.9 Å². The lowest BCUT2D eigenvalue weighted by Gasteiger charge is -2.20. The highest BCUT2D eigenvalue weighted by atomic mass is 19.1. The van der Waals surface area contributed by atoms with E-state index >= 15 is 0 Å². The van der Waals surface area contributed by atoms with Crippen LogP contribution in [-0.4, -0.2) is 40.2 Å². The van der Waals surface area contributed by atoms with Crippen LogP contribution >= 0.6 is 0 Å². The third kappa shape index (κ3) is 3.82. The molecule has 1 aromatic carbocycles. The summed E-state index contributed by atoms with van der Waals surface area (Å²) in [7, 11) is 0. The third-order valence-corrected chi connectivity index (χ3v) is 3.61. The molecule has 0 fully saturated rings. The van der Waals surface area contributed by atoms with Crippen molar-refractivity contribution in [3.63, 3.8) is 0 Å². The lowest BCUT2D eigenvalue weighted by molar-refractivity contribution is 0.100. The van der Waals surface area contributed by atoms with Crippen LogP contribution in [0.3, 0.4) is 0 Å². The van der Waals surface area contributed by atoms with E-state index in [4.69, 9.17) is 5.73 Å². The molecule has 2 N–H and O–H groups in total. The van der Waals surface area contributed by atoms with E-state index in [9.17, 15) is 9.18 Å². The van der Waals surface area contributed by atoms with Gasteiger partial charge in [0.2, 0.25) is 0 Å². The lowest BCUT2D eigenvalue weighted by atomic mass is 10.1. The molecule has 6 heteroatoms. The number of fused-ring (bicyclic) bond motifs is 1. The normalized spacial score (nSPS) is 11.5. The molecule has 1 heterocycles. The molecule has 0 atom stereocenters. The highest BCUT2D eigenvalue weighted by Crippen LogP contribution is 2.19. The number of hydrogen-bond donors (Lipinski definition) is 1. The minimum absolute atomic E-state index is 0.132. The Kier molecular flexibility index (Phi) is 5.49. The van der Waals surface area contributed by atoms with Gasteiger partial charge in [-0.1, -0.05) is 13.8 Å². The Morgan fingerprint density at radius 3 is 2.55 bits per heavy atom. The van der Waals surface area contributed by atoms with E-state index < -0.39 is 11.7 Å². The summed E-state index contributed by atoms with van der Waals surface area (Å²) in [5.41, 5.74) is 5.89. The zero-order valence-corrected chi connectivity index (χ0v) is 13.2. The van der Waals surface area contributed by atoms with Gasteiger partial charge in [0.1, 0.15) is 11.3 Å². The molecule has 5 nitrogen and oxygen atoms in total. The molecule has 22 heavy (non-hydrogen) atoms. The fourth-order valence-electron chi connectivity index (χ4n) is 2.66. The van der Waals surface area contributed by atoms with Gasteiger partial charge in [0, 0.05) is 18.1 Å². The number of primary amides is 1. The minimum atomic E-state index is -0.659. The van der Waals surface area contributed by atoms with Crippen LogP contribution in [0.1, 0.15) is 37.0 Å². The second kappa shape index (κ2) is 7.35. The number of benzene rings is 1. The first-order valence-corrected chi connectivity index (χ1v) is 7.74. The van der Waals surface area contributed by atoms with Gasteiger partial charge in [-0.05, 0) is 38.1 Å². The molecule has 0 saturated heterocycles. The average Bonchev–Trinajstić information content (AvgIpc) is 2.86. The summed E-state index contributed by atoms with van der Waals surface area (Å²) < 4.78 is 15.3. The van der Waals surface area contributed by atoms with Gasteiger partial charge >= 0.3 is 0 Å². The van der Waals surface area contributed by atoms with E-state index in [0.717, 1.165) is 38.5 Å². The van der Waals surface area contributed by atoms with Crippen molar-refractivity contribution < 1.29 is 9.18 Å². The van der Waals surface area contributed by atoms with Crippen LogP contribution in [-0.2, 0) is 6.54 Å². The predicted octanol–water partition coefficient (Wildman–Crippen LogP) is 2.40. The summed E-state index contributed by atoms with van der Waals surface area (Å²) in [6.07, 6.45) is 3.98. The van der Waals surface area contributed by atoms with Crippen molar-refractivity contribution in [1.29, 1.82) is 0 Å². The van der Waals surface area contributed by atoms with Crippen molar-refractivity contribution in [3.8, 4) is 0 Å². The Hall–Kier alpha value is -1.95. The van der Waals surface area contributed by atoms with Crippen molar-refractivity contribution >= 4 is 16.8 Å². The van der Waals surface area contributed by atoms with Gasteiger partial charge < -0.3 is 10.6 Å². The topological polar surface area (TPSA) is 64.2 Å². The van der Waals surface area contributed by atoms with Gasteiger partial charge in [-0.15, -0.1) is 0 Å². The maximum absolute atomic E-state index is 13.5. The molecule has 120 valence electrons. The highest BCUT2D eigenvalue weighted by Gasteiger charge is 2.13. The van der Waals surface area contributed by atoms with Crippen molar-refractivity contribution in [2.75, 3.05) is 19.6 Å². The van der Waals surface area contributed by atoms with E-state index in [2.05, 4.69) is 23.8 Å². The molecular weight excluding hydrogens is 283 g/mol. The second-order valence-corrected chi connectivity index (χ2v) is 5.49. The second-order valence-electron chi connectivity index (χ2n) is 5.49. The van der Waals surface area contributed by atoms with Crippen LogP contribution in [0.15, 0.2) is 18.3 Å². The number of aromatic nitrogens is 2. The van der Waals surface area contributed by atoms with E-state index in [1.807, 2.05) is 0 Å². The number of halogens is 1. The quantitative estimate of drug-likeness (QED) is 0.814. The van der Waals surface area contributed by atoms with Crippen molar-refractivity contribution in [2.24, 2.45) is 5.73 Å². The van der Waals surface area contributed by atoms with Crippen LogP contribution in [0.2, 0.25) is 0 Å². The standard InChI is InChI=1S/C16H23FN4O/c1-3-5-20(6-4-2)7-8-21-11-12-9-13(17)10-14(16(18)22)15(12)19-21/h9-11H,3-8H2,1-2H3,(H2,18,22). The Labute approximate surface area is 129 Å². The Bertz CT molecular complexity index is 647. The number of carbonyl (C=O) groups is 1. The van der Waals surface area contributed by atoms with Gasteiger partial charge in [0.05, 0.1) is 12.1 Å². The van der Waals surface area contributed by atoms with Gasteiger partial charge in [0.25, 0.3) is 5.91 Å². The highest BCUT2D eigenvalue weighted by molar-refractivity contribution is 6.04. The molecule has 1 amide bonds. The largest absolute Gasteiger partial charge is 0.366 e. The van der Waals surface area contributed by atoms with Crippen LogP contribution in [0, 0.1) is 5.82 Å². The van der Waals surface area contributed by atoms with Gasteiger partial charge in [-0.2, -0.15) is 5.10 Å². The zero-order valence-electron chi connectivity index (χ0n) is 13.2. The Morgan fingerprint density at radius 1 is 1.27 bits per heavy atom. The average molecular weight is 306 g/mol. The molecule has 0 aliphatic carbocycles. The summed E-state index contributed by atoms with van der Waals surface area (Å²) in [5.74, 6) is -1.13. The van der Waals surface area contributed by atoms with Gasteiger partial charge in [-0.3, -0.25) is 9.48 Å². The molecule has 2 rings (SSSR count). The summed E-state index contributed by atoms with van der Waals surface area (Å²) in [4.78, 5) is 13.8. The molecule has 0 unspecified atom stereocenters. The molecule has 0 spiro atoms. The Balaban J connectivity index is 2.19. The minimum Gasteiger partial charge on any atom is -0.366 e. The fraction of sp³-hybridized carbons (Fsp3) is 0.500. The van der Waals surface area contributed by atoms with Crippen molar-refractivity contribution in [2.45, 2.75) is 33.2 Å². The first-order valence-electron chi connectivity index (χ1n) is 7.74. The molecule has 0 aliphatic rings. The fourth-order valence-corrected chi connectivity index (χ4v) is 2.66. The molecule has 1 aromatic heterocycles. The van der Waals surface area contributed by atoms with Crippen LogP contribution in [0.4, 0.5) is 4.39 Å². The Morgan fingerprint density at radius 2 is 1.95 bits per heavy atom. The summed E-state index contributed by atoms with van der Waals surface area (Å²) in [6, 6.07) is 2.52. The molecular formula is C16H23FN4O. The van der Waals surface area contributed by atoms with E-state index in [-0.39, 0.29) is 5.56 Å². The van der Waals surface area contributed by atoms with Crippen molar-refractivity contribution in [3.05, 3.63) is 29.7 Å². The number of amides is 1. The van der Waals surface area contributed by atoms with Gasteiger partial charge in [0.15, 0.2) is 0 Å². The van der Waals surface area contributed by atoms with Crippen LogP contribution < -0.4 is 5.73 Å². The van der Waals surface area contributed by atoms with E-state index in [1.165, 1.54) is 6.07 Å². The third-order valence-electron chi connectivity index (χ3n) is 3.61.